The van der Waals surface area contributed by atoms with E-state index in [0.29, 0.717) is 18.1 Å². The number of hydrogen-bond acceptors (Lipinski definition) is 6. The maximum atomic E-state index is 7.82. The van der Waals surface area contributed by atoms with Gasteiger partial charge in [0.1, 0.15) is 5.82 Å². The molecule has 0 fully saturated rings. The fourth-order valence-electron chi connectivity index (χ4n) is 10.5. The molecule has 366 valence electrons. The van der Waals surface area contributed by atoms with Crippen LogP contribution in [0.25, 0.3) is 78.7 Å². The Morgan fingerprint density at radius 1 is 0.351 bits per heavy atom. The first-order valence-electron chi connectivity index (χ1n) is 25.8. The number of aromatic nitrogens is 4. The van der Waals surface area contributed by atoms with Crippen molar-refractivity contribution in [1.82, 2.24) is 19.9 Å². The zero-order valence-electron chi connectivity index (χ0n) is 42.0. The van der Waals surface area contributed by atoms with Crippen LogP contribution in [0.3, 0.4) is 0 Å². The van der Waals surface area contributed by atoms with Crippen LogP contribution in [-0.2, 0) is 6.42 Å². The van der Waals surface area contributed by atoms with Crippen LogP contribution < -0.4 is 31.4 Å². The summed E-state index contributed by atoms with van der Waals surface area (Å²) in [5.74, 6) is 2.21. The molecule has 0 spiro atoms. The molecule has 0 amide bonds. The highest BCUT2D eigenvalue weighted by Crippen LogP contribution is 2.57. The smallest absolute Gasteiger partial charge is 0.162 e. The number of nitrogens with zero attached hydrogens (tertiary/aromatic N) is 5. The molecule has 0 saturated heterocycles. The van der Waals surface area contributed by atoms with E-state index in [1.165, 1.54) is 16.2 Å². The quantitative estimate of drug-likeness (QED) is 0.123. The molecule has 2 aromatic heterocycles. The molecule has 0 bridgehead atoms. The van der Waals surface area contributed by atoms with E-state index in [-0.39, 0.29) is 0 Å². The summed E-state index contributed by atoms with van der Waals surface area (Å²) in [5, 5.41) is 4.65. The number of fused-ring (bicyclic) bond motifs is 3. The fraction of sp³-hybridized carbons (Fsp3) is 0.0145. The molecule has 1 aliphatic rings. The summed E-state index contributed by atoms with van der Waals surface area (Å²) in [6.45, 7) is 0. The van der Waals surface area contributed by atoms with Gasteiger partial charge in [0, 0.05) is 75.3 Å². The molecule has 0 saturated carbocycles. The molecule has 0 aliphatic carbocycles. The minimum atomic E-state index is -1.39. The first-order valence-corrected chi connectivity index (χ1v) is 28.5. The van der Waals surface area contributed by atoms with Crippen molar-refractivity contribution in [2.24, 2.45) is 5.50 Å². The van der Waals surface area contributed by atoms with E-state index in [2.05, 4.69) is 235 Å². The average Bonchev–Trinajstić information content (AvgIpc) is 3.59. The first-order chi connectivity index (χ1) is 38.1. The van der Waals surface area contributed by atoms with Crippen LogP contribution in [-0.4, -0.2) is 19.9 Å². The number of para-hydroxylation sites is 1. The Hall–Kier alpha value is -9.02. The monoisotopic (exact) mass is 1020 g/mol. The van der Waals surface area contributed by atoms with E-state index in [0.717, 1.165) is 94.8 Å². The third-order valence-corrected chi connectivity index (χ3v) is 18.4. The van der Waals surface area contributed by atoms with E-state index in [1.807, 2.05) is 48.5 Å². The van der Waals surface area contributed by atoms with Crippen LogP contribution in [0.1, 0.15) is 11.3 Å². The molecule has 6 nitrogen and oxygen atoms in total. The van der Waals surface area contributed by atoms with Gasteiger partial charge in [-0.1, -0.05) is 261 Å². The first kappa shape index (κ1) is 47.7. The Kier molecular flexibility index (Phi) is 13.2. The van der Waals surface area contributed by atoms with Crippen LogP contribution in [0.5, 0.6) is 0 Å². The van der Waals surface area contributed by atoms with E-state index < -0.39 is 16.1 Å². The third-order valence-electron chi connectivity index (χ3n) is 14.1. The van der Waals surface area contributed by atoms with Crippen molar-refractivity contribution in [3.05, 3.63) is 290 Å². The van der Waals surface area contributed by atoms with Gasteiger partial charge in [-0.25, -0.2) is 19.9 Å². The SMILES string of the molecule is NP(c1ccccc1-c1ccccc1Cc1cc(-c2ccccc2)nc(-c2ccccc2)n1)c1ccccc1-c1ccccc1P1c2ccccc2-c2ccccc2N1c1cc(-c2ccccc2)nc(-c2ccccc2)n1. The summed E-state index contributed by atoms with van der Waals surface area (Å²) in [7, 11) is -2.70. The summed E-state index contributed by atoms with van der Waals surface area (Å²) >= 11 is 0. The van der Waals surface area contributed by atoms with Gasteiger partial charge in [-0.3, -0.25) is 4.67 Å². The molecule has 8 heteroatoms. The zero-order chi connectivity index (χ0) is 51.5. The Bertz CT molecular complexity index is 3950. The number of hydrogen-bond donors (Lipinski definition) is 1. The van der Waals surface area contributed by atoms with Crippen LogP contribution in [0.2, 0.25) is 0 Å². The van der Waals surface area contributed by atoms with Crippen molar-refractivity contribution < 1.29 is 0 Å². The van der Waals surface area contributed by atoms with Crippen molar-refractivity contribution in [2.75, 3.05) is 4.67 Å². The molecule has 10 aromatic carbocycles. The lowest BCUT2D eigenvalue weighted by Gasteiger charge is -2.40. The summed E-state index contributed by atoms with van der Waals surface area (Å²) in [5.41, 5.74) is 23.7. The normalized spacial score (nSPS) is 13.1. The van der Waals surface area contributed by atoms with E-state index in [4.69, 9.17) is 25.4 Å². The Morgan fingerprint density at radius 3 is 1.32 bits per heavy atom. The Balaban J connectivity index is 0.931. The molecule has 2 N–H and O–H groups in total. The molecule has 2 unspecified atom stereocenters. The predicted octanol–water partition coefficient (Wildman–Crippen LogP) is 15.3. The molecular formula is C69H50N6P2. The predicted molar refractivity (Wildman–Crippen MR) is 323 cm³/mol. The third kappa shape index (κ3) is 9.45. The van der Waals surface area contributed by atoms with E-state index in [9.17, 15) is 0 Å². The topological polar surface area (TPSA) is 80.8 Å². The fourth-order valence-corrected chi connectivity index (χ4v) is 14.8. The average molecular weight is 1030 g/mol. The van der Waals surface area contributed by atoms with Gasteiger partial charge >= 0.3 is 0 Å². The van der Waals surface area contributed by atoms with Gasteiger partial charge in [-0.2, -0.15) is 0 Å². The Labute approximate surface area is 452 Å². The molecule has 77 heavy (non-hydrogen) atoms. The number of anilines is 2. The summed E-state index contributed by atoms with van der Waals surface area (Å²) < 4.78 is 2.50. The van der Waals surface area contributed by atoms with Crippen molar-refractivity contribution in [2.45, 2.75) is 6.42 Å². The van der Waals surface area contributed by atoms with Gasteiger partial charge in [0.2, 0.25) is 0 Å². The van der Waals surface area contributed by atoms with Crippen molar-refractivity contribution in [3.8, 4) is 78.7 Å². The van der Waals surface area contributed by atoms with Crippen LogP contribution in [0.4, 0.5) is 11.5 Å². The highest BCUT2D eigenvalue weighted by Gasteiger charge is 2.36. The molecule has 0 radical (unpaired) electrons. The zero-order valence-corrected chi connectivity index (χ0v) is 43.8. The van der Waals surface area contributed by atoms with Crippen LogP contribution in [0.15, 0.2) is 279 Å². The van der Waals surface area contributed by atoms with E-state index >= 15 is 0 Å². The Morgan fingerprint density at radius 2 is 0.753 bits per heavy atom. The molecular weight excluding hydrogens is 975 g/mol. The minimum absolute atomic E-state index is 0.607. The minimum Gasteiger partial charge on any atom is -0.302 e. The van der Waals surface area contributed by atoms with Gasteiger partial charge in [0.15, 0.2) is 11.6 Å². The molecule has 2 atom stereocenters. The van der Waals surface area contributed by atoms with Crippen LogP contribution >= 0.6 is 16.1 Å². The number of nitrogens with two attached hydrogens (primary N) is 1. The number of rotatable bonds is 12. The maximum Gasteiger partial charge on any atom is 0.162 e. The lowest BCUT2D eigenvalue weighted by Crippen LogP contribution is -2.32. The van der Waals surface area contributed by atoms with Gasteiger partial charge in [0.25, 0.3) is 0 Å². The standard InChI is InChI=1S/C69H50N6P2/c70-76(63-41-21-16-36-56(63)54-34-14-13-33-52(54)45-53-46-60(48-25-5-1-6-26-48)72-68(71-53)50-29-9-3-10-30-50)64-42-22-17-38-58(64)59-39-19-24-44-66(59)77-65-43-23-18-37-57(65)55-35-15-20-40-62(55)75(77)67-47-61(49-27-7-2-8-28-49)73-69(74-67)51-31-11-4-12-32-51/h1-44,46-47H,45,70H2. The number of benzene rings is 10. The van der Waals surface area contributed by atoms with E-state index in [1.54, 1.807) is 0 Å². The van der Waals surface area contributed by atoms with Crippen molar-refractivity contribution in [1.29, 1.82) is 0 Å². The highest BCUT2D eigenvalue weighted by molar-refractivity contribution is 7.75. The van der Waals surface area contributed by atoms with Crippen LogP contribution in [0, 0.1) is 0 Å². The molecule has 1 aliphatic heterocycles. The second-order valence-corrected chi connectivity index (χ2v) is 22.6. The lowest BCUT2D eigenvalue weighted by atomic mass is 9.96. The largest absolute Gasteiger partial charge is 0.302 e. The second kappa shape index (κ2) is 21.3. The molecule has 3 heterocycles. The summed E-state index contributed by atoms with van der Waals surface area (Å²) in [6, 6.07) is 98.4. The second-order valence-electron chi connectivity index (χ2n) is 18.9. The highest BCUT2D eigenvalue weighted by atomic mass is 31.1. The van der Waals surface area contributed by atoms with Gasteiger partial charge in [0.05, 0.1) is 25.1 Å². The summed E-state index contributed by atoms with van der Waals surface area (Å²) in [4.78, 5) is 21.0. The molecule has 13 rings (SSSR count). The van der Waals surface area contributed by atoms with Gasteiger partial charge in [-0.05, 0) is 45.5 Å². The maximum absolute atomic E-state index is 7.82. The van der Waals surface area contributed by atoms with Crippen molar-refractivity contribution >= 4 is 48.9 Å². The van der Waals surface area contributed by atoms with Crippen molar-refractivity contribution in [3.63, 3.8) is 0 Å². The van der Waals surface area contributed by atoms with Gasteiger partial charge < -0.3 is 5.50 Å². The molecule has 12 aromatic rings. The van der Waals surface area contributed by atoms with Gasteiger partial charge in [-0.15, -0.1) is 0 Å². The summed E-state index contributed by atoms with van der Waals surface area (Å²) in [6.07, 6.45) is 0.607. The lowest BCUT2D eigenvalue weighted by molar-refractivity contribution is 1.04.